The minimum atomic E-state index is 0. The van der Waals surface area contributed by atoms with Crippen molar-refractivity contribution < 1.29 is 0 Å². The SMILES string of the molecule is CCCCCCCCCc1cc[c]cc1.[CaH2]. The summed E-state index contributed by atoms with van der Waals surface area (Å²) in [6.45, 7) is 2.27. The van der Waals surface area contributed by atoms with E-state index in [9.17, 15) is 0 Å². The van der Waals surface area contributed by atoms with E-state index in [1.165, 1.54) is 56.9 Å². The third-order valence-corrected chi connectivity index (χ3v) is 2.86. The molecule has 0 aromatic heterocycles. The van der Waals surface area contributed by atoms with E-state index >= 15 is 0 Å². The fraction of sp³-hybridized carbons (Fsp3) is 0.600. The second-order valence-corrected chi connectivity index (χ2v) is 4.28. The summed E-state index contributed by atoms with van der Waals surface area (Å²) in [6.07, 6.45) is 11.0. The predicted molar refractivity (Wildman–Crippen MR) is 75.5 cm³/mol. The van der Waals surface area contributed by atoms with Gasteiger partial charge in [-0.3, -0.25) is 0 Å². The van der Waals surface area contributed by atoms with Crippen LogP contribution in [0.25, 0.3) is 0 Å². The van der Waals surface area contributed by atoms with Gasteiger partial charge in [-0.05, 0) is 24.5 Å². The summed E-state index contributed by atoms with van der Waals surface area (Å²) >= 11 is 0. The van der Waals surface area contributed by atoms with Gasteiger partial charge in [0.15, 0.2) is 0 Å². The molecule has 0 N–H and O–H groups in total. The van der Waals surface area contributed by atoms with Gasteiger partial charge in [-0.1, -0.05) is 69.7 Å². The molecule has 0 amide bonds. The van der Waals surface area contributed by atoms with E-state index in [0.717, 1.165) is 0 Å². The molecule has 1 heteroatoms. The standard InChI is InChI=1S/C15H23.Ca.2H/c1-2-3-4-5-6-7-9-12-15-13-10-8-11-14-15;;;/h10-11,13-14H,2-7,9,12H2,1H3;;;. The quantitative estimate of drug-likeness (QED) is 0.482. The molecule has 0 atom stereocenters. The van der Waals surface area contributed by atoms with Crippen LogP contribution in [0.15, 0.2) is 24.3 Å². The van der Waals surface area contributed by atoms with Crippen molar-refractivity contribution in [2.24, 2.45) is 0 Å². The molecule has 16 heavy (non-hydrogen) atoms. The van der Waals surface area contributed by atoms with Gasteiger partial charge in [0.2, 0.25) is 0 Å². The van der Waals surface area contributed by atoms with Crippen LogP contribution in [0.2, 0.25) is 0 Å². The third kappa shape index (κ3) is 8.61. The van der Waals surface area contributed by atoms with Crippen molar-refractivity contribution in [3.63, 3.8) is 0 Å². The van der Waals surface area contributed by atoms with Crippen LogP contribution in [0, 0.1) is 6.07 Å². The molecule has 0 bridgehead atoms. The third-order valence-electron chi connectivity index (χ3n) is 2.86. The Hall–Kier alpha value is 0.480. The molecule has 0 unspecified atom stereocenters. The zero-order valence-electron chi connectivity index (χ0n) is 9.97. The summed E-state index contributed by atoms with van der Waals surface area (Å²) in [5.74, 6) is 0. The Balaban J connectivity index is 0.00000225. The average Bonchev–Trinajstić information content (AvgIpc) is 2.29. The van der Waals surface area contributed by atoms with Crippen molar-refractivity contribution in [3.8, 4) is 0 Å². The van der Waals surface area contributed by atoms with Gasteiger partial charge < -0.3 is 0 Å². The molecule has 0 aliphatic carbocycles. The van der Waals surface area contributed by atoms with E-state index in [4.69, 9.17) is 0 Å². The van der Waals surface area contributed by atoms with E-state index in [1.807, 2.05) is 12.1 Å². The maximum atomic E-state index is 3.06. The topological polar surface area (TPSA) is 0 Å². The number of hydrogen-bond donors (Lipinski definition) is 0. The zero-order valence-corrected chi connectivity index (χ0v) is 9.97. The second-order valence-electron chi connectivity index (χ2n) is 4.28. The van der Waals surface area contributed by atoms with Gasteiger partial charge in [-0.2, -0.15) is 0 Å². The Kier molecular flexibility index (Phi) is 12.3. The van der Waals surface area contributed by atoms with Crippen LogP contribution >= 0.6 is 0 Å². The molecule has 0 saturated heterocycles. The number of hydrogen-bond acceptors (Lipinski definition) is 0. The van der Waals surface area contributed by atoms with E-state index in [-0.39, 0.29) is 37.7 Å². The van der Waals surface area contributed by atoms with Gasteiger partial charge in [0.1, 0.15) is 0 Å². The van der Waals surface area contributed by atoms with Crippen molar-refractivity contribution >= 4 is 37.7 Å². The van der Waals surface area contributed by atoms with Crippen molar-refractivity contribution in [1.29, 1.82) is 0 Å². The van der Waals surface area contributed by atoms with Crippen molar-refractivity contribution in [2.75, 3.05) is 0 Å². The van der Waals surface area contributed by atoms with Crippen LogP contribution in [0.3, 0.4) is 0 Å². The summed E-state index contributed by atoms with van der Waals surface area (Å²) in [4.78, 5) is 0. The van der Waals surface area contributed by atoms with Crippen LogP contribution < -0.4 is 0 Å². The first-order chi connectivity index (χ1) is 7.43. The summed E-state index contributed by atoms with van der Waals surface area (Å²) in [6, 6.07) is 11.4. The Morgan fingerprint density at radius 2 is 1.44 bits per heavy atom. The first-order valence-electron chi connectivity index (χ1n) is 6.38. The second kappa shape index (κ2) is 12.0. The van der Waals surface area contributed by atoms with E-state index in [2.05, 4.69) is 25.1 Å². The Bertz CT molecular complexity index is 230. The van der Waals surface area contributed by atoms with Gasteiger partial charge in [0, 0.05) is 0 Å². The van der Waals surface area contributed by atoms with Gasteiger partial charge in [-0.25, -0.2) is 0 Å². The fourth-order valence-electron chi connectivity index (χ4n) is 1.87. The molecule has 87 valence electrons. The van der Waals surface area contributed by atoms with Crippen LogP contribution in [0.5, 0.6) is 0 Å². The molecule has 1 radical (unpaired) electrons. The molecule has 1 rings (SSSR count). The van der Waals surface area contributed by atoms with Gasteiger partial charge in [0.25, 0.3) is 0 Å². The van der Waals surface area contributed by atoms with Gasteiger partial charge in [0.05, 0.1) is 0 Å². The minimum absolute atomic E-state index is 0. The summed E-state index contributed by atoms with van der Waals surface area (Å²) < 4.78 is 0. The predicted octanol–water partition coefficient (Wildman–Crippen LogP) is 3.86. The van der Waals surface area contributed by atoms with Crippen LogP contribution in [-0.4, -0.2) is 37.7 Å². The van der Waals surface area contributed by atoms with E-state index < -0.39 is 0 Å². The molecule has 0 fully saturated rings. The van der Waals surface area contributed by atoms with Gasteiger partial charge in [-0.15, -0.1) is 0 Å². The Labute approximate surface area is 131 Å². The normalized spacial score (nSPS) is 9.81. The van der Waals surface area contributed by atoms with E-state index in [1.54, 1.807) is 0 Å². The van der Waals surface area contributed by atoms with E-state index in [0.29, 0.717) is 0 Å². The van der Waals surface area contributed by atoms with Crippen molar-refractivity contribution in [3.05, 3.63) is 35.9 Å². The molecular formula is C15H25Ca. The first-order valence-corrected chi connectivity index (χ1v) is 6.38. The van der Waals surface area contributed by atoms with Crippen molar-refractivity contribution in [1.82, 2.24) is 0 Å². The average molecular weight is 245 g/mol. The summed E-state index contributed by atoms with van der Waals surface area (Å²) in [5, 5.41) is 0. The maximum absolute atomic E-state index is 3.06. The molecule has 0 spiro atoms. The molecular weight excluding hydrogens is 220 g/mol. The Morgan fingerprint density at radius 3 is 2.06 bits per heavy atom. The Morgan fingerprint density at radius 1 is 0.875 bits per heavy atom. The summed E-state index contributed by atoms with van der Waals surface area (Å²) in [7, 11) is 0. The molecule has 0 saturated carbocycles. The van der Waals surface area contributed by atoms with Crippen LogP contribution in [0.4, 0.5) is 0 Å². The van der Waals surface area contributed by atoms with Gasteiger partial charge >= 0.3 is 37.7 Å². The molecule has 0 heterocycles. The number of unbranched alkanes of at least 4 members (excludes halogenated alkanes) is 6. The zero-order chi connectivity index (χ0) is 10.8. The fourth-order valence-corrected chi connectivity index (χ4v) is 1.87. The molecule has 1 aromatic rings. The van der Waals surface area contributed by atoms with Crippen molar-refractivity contribution in [2.45, 2.75) is 58.3 Å². The number of aryl methyl sites for hydroxylation is 1. The molecule has 0 aliphatic heterocycles. The summed E-state index contributed by atoms with van der Waals surface area (Å²) in [5.41, 5.74) is 1.46. The van der Waals surface area contributed by atoms with Crippen LogP contribution in [0.1, 0.15) is 57.4 Å². The molecule has 1 aromatic carbocycles. The number of benzene rings is 1. The molecule has 0 nitrogen and oxygen atoms in total. The monoisotopic (exact) mass is 245 g/mol. The first kappa shape index (κ1) is 16.5. The van der Waals surface area contributed by atoms with Crippen LogP contribution in [-0.2, 0) is 6.42 Å². The number of rotatable bonds is 8. The molecule has 0 aliphatic rings.